The molecule has 0 unspecified atom stereocenters. The first-order valence-corrected chi connectivity index (χ1v) is 11.4. The van der Waals surface area contributed by atoms with Crippen LogP contribution in [0.5, 0.6) is 11.5 Å². The molecule has 0 atom stereocenters. The minimum absolute atomic E-state index is 0.130. The third kappa shape index (κ3) is 4.97. The molecule has 0 spiro atoms. The van der Waals surface area contributed by atoms with E-state index in [1.54, 1.807) is 48.3 Å². The Bertz CT molecular complexity index is 1690. The van der Waals surface area contributed by atoms with Crippen molar-refractivity contribution in [2.24, 2.45) is 7.05 Å². The molecule has 2 aromatic carbocycles. The quantitative estimate of drug-likeness (QED) is 0.323. The van der Waals surface area contributed by atoms with Gasteiger partial charge >= 0.3 is 0 Å². The van der Waals surface area contributed by atoms with Crippen molar-refractivity contribution in [1.29, 1.82) is 0 Å². The normalized spacial score (nSPS) is 11.0. The molecule has 0 bridgehead atoms. The summed E-state index contributed by atoms with van der Waals surface area (Å²) in [5.41, 5.74) is 3.43. The average Bonchev–Trinajstić information content (AvgIpc) is 3.20. The number of rotatable bonds is 6. The molecule has 5 aromatic rings. The van der Waals surface area contributed by atoms with Gasteiger partial charge in [-0.2, -0.15) is 0 Å². The summed E-state index contributed by atoms with van der Waals surface area (Å²) >= 11 is 0. The summed E-state index contributed by atoms with van der Waals surface area (Å²) < 4.78 is 35.3. The maximum absolute atomic E-state index is 14.4. The number of aromatic nitrogens is 3. The topological polar surface area (TPSA) is 89.0 Å². The second kappa shape index (κ2) is 9.69. The van der Waals surface area contributed by atoms with Crippen molar-refractivity contribution in [3.8, 4) is 22.6 Å². The fraction of sp³-hybridized carbons (Fsp3) is 0.107. The van der Waals surface area contributed by atoms with Crippen LogP contribution in [-0.4, -0.2) is 20.4 Å². The number of H-pyrrole nitrogens is 1. The van der Waals surface area contributed by atoms with Crippen molar-refractivity contribution in [2.75, 3.05) is 5.32 Å². The molecule has 3 aromatic heterocycles. The number of fused-ring (bicyclic) bond motifs is 1. The van der Waals surface area contributed by atoms with Crippen molar-refractivity contribution in [1.82, 2.24) is 14.5 Å². The number of amides is 1. The molecule has 0 aliphatic carbocycles. The molecule has 7 nitrogen and oxygen atoms in total. The average molecular weight is 501 g/mol. The molecule has 186 valence electrons. The summed E-state index contributed by atoms with van der Waals surface area (Å²) in [6.07, 6.45) is 5.08. The van der Waals surface area contributed by atoms with Gasteiger partial charge in [-0.3, -0.25) is 14.6 Å². The molecule has 2 N–H and O–H groups in total. The van der Waals surface area contributed by atoms with Crippen LogP contribution in [0.2, 0.25) is 0 Å². The molecule has 5 rings (SSSR count). The van der Waals surface area contributed by atoms with E-state index in [4.69, 9.17) is 4.74 Å². The van der Waals surface area contributed by atoms with Crippen LogP contribution >= 0.6 is 0 Å². The molecular weight excluding hydrogens is 478 g/mol. The Morgan fingerprint density at radius 2 is 1.86 bits per heavy atom. The van der Waals surface area contributed by atoms with Crippen LogP contribution in [0.15, 0.2) is 78.0 Å². The summed E-state index contributed by atoms with van der Waals surface area (Å²) in [6, 6.07) is 13.4. The Labute approximate surface area is 210 Å². The zero-order valence-corrected chi connectivity index (χ0v) is 20.0. The molecule has 37 heavy (non-hydrogen) atoms. The molecule has 0 aliphatic rings. The third-order valence-corrected chi connectivity index (χ3v) is 5.90. The Balaban J connectivity index is 1.55. The van der Waals surface area contributed by atoms with Crippen molar-refractivity contribution < 1.29 is 18.3 Å². The predicted octanol–water partition coefficient (Wildman–Crippen LogP) is 5.49. The SMILES string of the molecule is Cc1ccc(CC(=O)Nc2ccc(Oc3ccc(F)cc3F)c(-c3cn(C)c4c(=O)[nH]ccc34)c2)cn1. The molecule has 9 heteroatoms. The first kappa shape index (κ1) is 23.9. The van der Waals surface area contributed by atoms with Gasteiger partial charge in [-0.15, -0.1) is 0 Å². The van der Waals surface area contributed by atoms with Gasteiger partial charge in [0, 0.05) is 59.6 Å². The van der Waals surface area contributed by atoms with E-state index in [-0.39, 0.29) is 29.4 Å². The van der Waals surface area contributed by atoms with Crippen molar-refractivity contribution in [2.45, 2.75) is 13.3 Å². The van der Waals surface area contributed by atoms with Crippen LogP contribution in [0.1, 0.15) is 11.3 Å². The van der Waals surface area contributed by atoms with Gasteiger partial charge in [0.2, 0.25) is 5.91 Å². The highest BCUT2D eigenvalue weighted by molar-refractivity contribution is 5.99. The Morgan fingerprint density at radius 3 is 2.62 bits per heavy atom. The molecule has 0 fully saturated rings. The number of hydrogen-bond donors (Lipinski definition) is 2. The second-order valence-electron chi connectivity index (χ2n) is 8.64. The summed E-state index contributed by atoms with van der Waals surface area (Å²) in [7, 11) is 1.74. The monoisotopic (exact) mass is 500 g/mol. The maximum Gasteiger partial charge on any atom is 0.272 e. The second-order valence-corrected chi connectivity index (χ2v) is 8.64. The van der Waals surface area contributed by atoms with Crippen molar-refractivity contribution in [3.63, 3.8) is 0 Å². The molecule has 3 heterocycles. The number of nitrogens with zero attached hydrogens (tertiary/aromatic N) is 2. The molecule has 0 aliphatic heterocycles. The summed E-state index contributed by atoms with van der Waals surface area (Å²) in [4.78, 5) is 32.0. The van der Waals surface area contributed by atoms with Crippen molar-refractivity contribution in [3.05, 3.63) is 106 Å². The van der Waals surface area contributed by atoms with Gasteiger partial charge in [0.25, 0.3) is 5.56 Å². The van der Waals surface area contributed by atoms with E-state index >= 15 is 0 Å². The van der Waals surface area contributed by atoms with Crippen LogP contribution in [0, 0.1) is 18.6 Å². The lowest BCUT2D eigenvalue weighted by molar-refractivity contribution is -0.115. The highest BCUT2D eigenvalue weighted by Gasteiger charge is 2.18. The standard InChI is InChI=1S/C28H22F2N4O3/c1-16-3-4-17(14-32-16)11-26(35)33-19-6-8-24(37-25-7-5-18(29)12-23(25)30)21(13-19)22-15-34(2)27-20(22)9-10-31-28(27)36/h3-10,12-15H,11H2,1-2H3,(H,31,36)(H,33,35). The van der Waals surface area contributed by atoms with Crippen LogP contribution in [0.25, 0.3) is 22.0 Å². The van der Waals surface area contributed by atoms with Gasteiger partial charge in [-0.05, 0) is 55.0 Å². The van der Waals surface area contributed by atoms with Gasteiger partial charge in [-0.1, -0.05) is 6.07 Å². The zero-order valence-electron chi connectivity index (χ0n) is 20.0. The molecule has 0 saturated heterocycles. The van der Waals surface area contributed by atoms with E-state index < -0.39 is 11.6 Å². The van der Waals surface area contributed by atoms with E-state index in [9.17, 15) is 18.4 Å². The van der Waals surface area contributed by atoms with Crippen LogP contribution < -0.4 is 15.6 Å². The number of aryl methyl sites for hydroxylation is 2. The van der Waals surface area contributed by atoms with E-state index in [2.05, 4.69) is 15.3 Å². The molecule has 0 saturated carbocycles. The van der Waals surface area contributed by atoms with Gasteiger partial charge in [0.15, 0.2) is 11.6 Å². The van der Waals surface area contributed by atoms with Crippen LogP contribution in [0.4, 0.5) is 14.5 Å². The number of aromatic amines is 1. The highest BCUT2D eigenvalue weighted by Crippen LogP contribution is 2.39. The van der Waals surface area contributed by atoms with Gasteiger partial charge in [-0.25, -0.2) is 8.78 Å². The van der Waals surface area contributed by atoms with Gasteiger partial charge in [0.1, 0.15) is 17.1 Å². The highest BCUT2D eigenvalue weighted by atomic mass is 19.1. The third-order valence-electron chi connectivity index (χ3n) is 5.90. The fourth-order valence-electron chi connectivity index (χ4n) is 4.16. The predicted molar refractivity (Wildman–Crippen MR) is 137 cm³/mol. The van der Waals surface area contributed by atoms with Crippen LogP contribution in [-0.2, 0) is 18.3 Å². The summed E-state index contributed by atoms with van der Waals surface area (Å²) in [6.45, 7) is 1.87. The number of carbonyl (C=O) groups excluding carboxylic acids is 1. The molecular formula is C28H22F2N4O3. The Morgan fingerprint density at radius 1 is 1.05 bits per heavy atom. The van der Waals surface area contributed by atoms with Gasteiger partial charge < -0.3 is 19.6 Å². The smallest absolute Gasteiger partial charge is 0.272 e. The number of pyridine rings is 2. The van der Waals surface area contributed by atoms with Crippen molar-refractivity contribution >= 4 is 22.5 Å². The first-order chi connectivity index (χ1) is 17.8. The van der Waals surface area contributed by atoms with E-state index in [1.165, 1.54) is 12.3 Å². The number of anilines is 1. The van der Waals surface area contributed by atoms with Gasteiger partial charge in [0.05, 0.1) is 6.42 Å². The summed E-state index contributed by atoms with van der Waals surface area (Å²) in [5.74, 6) is -1.72. The first-order valence-electron chi connectivity index (χ1n) is 11.4. The maximum atomic E-state index is 14.4. The summed E-state index contributed by atoms with van der Waals surface area (Å²) in [5, 5.41) is 3.51. The number of ether oxygens (including phenoxy) is 1. The lowest BCUT2D eigenvalue weighted by Crippen LogP contribution is -2.14. The molecule has 1 amide bonds. The minimum atomic E-state index is -0.857. The Hall–Kier alpha value is -4.79. The zero-order chi connectivity index (χ0) is 26.1. The number of hydrogen-bond acceptors (Lipinski definition) is 4. The molecule has 0 radical (unpaired) electrons. The fourth-order valence-corrected chi connectivity index (χ4v) is 4.16. The van der Waals surface area contributed by atoms with Crippen LogP contribution in [0.3, 0.4) is 0 Å². The largest absolute Gasteiger partial charge is 0.454 e. The van der Waals surface area contributed by atoms with E-state index in [0.29, 0.717) is 27.7 Å². The van der Waals surface area contributed by atoms with E-state index in [1.807, 2.05) is 19.1 Å². The Kier molecular flexibility index (Phi) is 6.27. The lowest BCUT2D eigenvalue weighted by Gasteiger charge is -2.14. The number of benzene rings is 2. The number of halogens is 2. The number of carbonyl (C=O) groups is 1. The number of nitrogens with one attached hydrogen (secondary N) is 2. The lowest BCUT2D eigenvalue weighted by atomic mass is 10.0. The minimum Gasteiger partial charge on any atom is -0.454 e. The van der Waals surface area contributed by atoms with E-state index in [0.717, 1.165) is 23.4 Å².